The molecule has 2 N–H and O–H groups in total. The third kappa shape index (κ3) is 2.75. The van der Waals surface area contributed by atoms with Gasteiger partial charge < -0.3 is 5.73 Å². The van der Waals surface area contributed by atoms with Crippen LogP contribution in [0.3, 0.4) is 0 Å². The summed E-state index contributed by atoms with van der Waals surface area (Å²) in [5.74, 6) is -0.748. The molecule has 0 aliphatic carbocycles. The minimum absolute atomic E-state index is 0.0718. The fourth-order valence-corrected chi connectivity index (χ4v) is 4.20. The molecular formula is C15H16FN3O2S. The SMILES string of the molecule is N[C@@H]1CN(S(=O)(=O)c2cncc(F)c2)C[C@H]1c1ccccc1. The third-order valence-electron chi connectivity index (χ3n) is 3.88. The molecule has 0 spiro atoms. The molecule has 0 bridgehead atoms. The number of sulfonamides is 1. The van der Waals surface area contributed by atoms with Crippen LogP contribution in [-0.2, 0) is 10.0 Å². The van der Waals surface area contributed by atoms with E-state index in [2.05, 4.69) is 4.98 Å². The van der Waals surface area contributed by atoms with Gasteiger partial charge in [0.05, 0.1) is 6.20 Å². The van der Waals surface area contributed by atoms with E-state index in [9.17, 15) is 12.8 Å². The summed E-state index contributed by atoms with van der Waals surface area (Å²) in [4.78, 5) is 3.46. The molecule has 116 valence electrons. The van der Waals surface area contributed by atoms with E-state index in [1.165, 1.54) is 4.31 Å². The Kier molecular flexibility index (Phi) is 3.94. The van der Waals surface area contributed by atoms with Crippen molar-refractivity contribution in [3.05, 3.63) is 60.2 Å². The van der Waals surface area contributed by atoms with Crippen LogP contribution in [0.4, 0.5) is 4.39 Å². The number of benzene rings is 1. The molecule has 7 heteroatoms. The summed E-state index contributed by atoms with van der Waals surface area (Å²) in [5.41, 5.74) is 7.11. The Labute approximate surface area is 128 Å². The van der Waals surface area contributed by atoms with Crippen molar-refractivity contribution in [1.82, 2.24) is 9.29 Å². The van der Waals surface area contributed by atoms with Crippen LogP contribution in [0.15, 0.2) is 53.7 Å². The number of nitrogens with zero attached hydrogens (tertiary/aromatic N) is 2. The summed E-state index contributed by atoms with van der Waals surface area (Å²) in [6.07, 6.45) is 2.13. The van der Waals surface area contributed by atoms with Crippen LogP contribution in [0, 0.1) is 5.82 Å². The Morgan fingerprint density at radius 2 is 1.91 bits per heavy atom. The first-order valence-corrected chi connectivity index (χ1v) is 8.34. The van der Waals surface area contributed by atoms with Crippen molar-refractivity contribution in [3.8, 4) is 0 Å². The van der Waals surface area contributed by atoms with Gasteiger partial charge in [-0.05, 0) is 11.6 Å². The standard InChI is InChI=1S/C15H16FN3O2S/c16-12-6-13(8-18-7-12)22(20,21)19-9-14(15(17)10-19)11-4-2-1-3-5-11/h1-8,14-15H,9-10,17H2/t14-,15+/m0/s1. The average Bonchev–Trinajstić information content (AvgIpc) is 2.91. The molecule has 5 nitrogen and oxygen atoms in total. The summed E-state index contributed by atoms with van der Waals surface area (Å²) in [6, 6.07) is 10.2. The van der Waals surface area contributed by atoms with Gasteiger partial charge in [-0.1, -0.05) is 30.3 Å². The second-order valence-corrected chi connectivity index (χ2v) is 7.28. The zero-order valence-electron chi connectivity index (χ0n) is 11.8. The van der Waals surface area contributed by atoms with Crippen LogP contribution in [0.5, 0.6) is 0 Å². The lowest BCUT2D eigenvalue weighted by Crippen LogP contribution is -2.32. The molecule has 1 aromatic heterocycles. The van der Waals surface area contributed by atoms with Gasteiger partial charge in [0.15, 0.2) is 0 Å². The highest BCUT2D eigenvalue weighted by Gasteiger charge is 2.38. The highest BCUT2D eigenvalue weighted by Crippen LogP contribution is 2.30. The van der Waals surface area contributed by atoms with E-state index in [1.807, 2.05) is 30.3 Å². The molecule has 1 saturated heterocycles. The highest BCUT2D eigenvalue weighted by molar-refractivity contribution is 7.89. The van der Waals surface area contributed by atoms with Gasteiger partial charge in [-0.3, -0.25) is 4.98 Å². The highest BCUT2D eigenvalue weighted by atomic mass is 32.2. The lowest BCUT2D eigenvalue weighted by atomic mass is 9.95. The van der Waals surface area contributed by atoms with E-state index in [1.54, 1.807) is 0 Å². The fraction of sp³-hybridized carbons (Fsp3) is 0.267. The van der Waals surface area contributed by atoms with Crippen molar-refractivity contribution in [3.63, 3.8) is 0 Å². The summed E-state index contributed by atoms with van der Waals surface area (Å²) in [5, 5.41) is 0. The predicted molar refractivity (Wildman–Crippen MR) is 80.1 cm³/mol. The van der Waals surface area contributed by atoms with E-state index in [0.29, 0.717) is 0 Å². The molecule has 1 aliphatic rings. The van der Waals surface area contributed by atoms with Gasteiger partial charge in [-0.25, -0.2) is 12.8 Å². The number of rotatable bonds is 3. The molecule has 0 saturated carbocycles. The second kappa shape index (κ2) is 5.75. The van der Waals surface area contributed by atoms with Crippen molar-refractivity contribution < 1.29 is 12.8 Å². The first kappa shape index (κ1) is 15.1. The largest absolute Gasteiger partial charge is 0.326 e. The van der Waals surface area contributed by atoms with E-state index in [0.717, 1.165) is 24.0 Å². The summed E-state index contributed by atoms with van der Waals surface area (Å²) >= 11 is 0. The summed E-state index contributed by atoms with van der Waals surface area (Å²) in [6.45, 7) is 0.489. The lowest BCUT2D eigenvalue weighted by molar-refractivity contribution is 0.469. The quantitative estimate of drug-likeness (QED) is 0.925. The van der Waals surface area contributed by atoms with Crippen molar-refractivity contribution in [2.24, 2.45) is 5.73 Å². The molecule has 2 aromatic rings. The Balaban J connectivity index is 1.88. The van der Waals surface area contributed by atoms with Gasteiger partial charge in [-0.15, -0.1) is 0 Å². The Morgan fingerprint density at radius 1 is 1.18 bits per heavy atom. The van der Waals surface area contributed by atoms with Gasteiger partial charge in [0.25, 0.3) is 0 Å². The zero-order valence-corrected chi connectivity index (χ0v) is 12.6. The molecule has 3 rings (SSSR count). The van der Waals surface area contributed by atoms with Gasteiger partial charge in [0.1, 0.15) is 10.7 Å². The van der Waals surface area contributed by atoms with E-state index < -0.39 is 15.8 Å². The molecular weight excluding hydrogens is 305 g/mol. The third-order valence-corrected chi connectivity index (χ3v) is 5.67. The van der Waals surface area contributed by atoms with Gasteiger partial charge in [0, 0.05) is 31.2 Å². The molecule has 0 unspecified atom stereocenters. The molecule has 22 heavy (non-hydrogen) atoms. The van der Waals surface area contributed by atoms with Crippen molar-refractivity contribution >= 4 is 10.0 Å². The number of nitrogens with two attached hydrogens (primary N) is 1. The summed E-state index contributed by atoms with van der Waals surface area (Å²) < 4.78 is 39.7. The average molecular weight is 321 g/mol. The first-order chi connectivity index (χ1) is 10.5. The molecule has 1 fully saturated rings. The van der Waals surface area contributed by atoms with Gasteiger partial charge >= 0.3 is 0 Å². The second-order valence-electron chi connectivity index (χ2n) is 5.34. The van der Waals surface area contributed by atoms with Gasteiger partial charge in [-0.2, -0.15) is 4.31 Å². The smallest absolute Gasteiger partial charge is 0.244 e. The topological polar surface area (TPSA) is 76.3 Å². The monoisotopic (exact) mass is 321 g/mol. The van der Waals surface area contributed by atoms with E-state index in [-0.39, 0.29) is 29.9 Å². The van der Waals surface area contributed by atoms with Crippen molar-refractivity contribution in [1.29, 1.82) is 0 Å². The van der Waals surface area contributed by atoms with Crippen LogP contribution in [0.2, 0.25) is 0 Å². The molecule has 1 aliphatic heterocycles. The molecule has 2 atom stereocenters. The fourth-order valence-electron chi connectivity index (χ4n) is 2.72. The Bertz CT molecular complexity index is 767. The van der Waals surface area contributed by atoms with E-state index in [4.69, 9.17) is 5.73 Å². The zero-order chi connectivity index (χ0) is 15.7. The lowest BCUT2D eigenvalue weighted by Gasteiger charge is -2.16. The van der Waals surface area contributed by atoms with Gasteiger partial charge in [0.2, 0.25) is 10.0 Å². The number of hydrogen-bond donors (Lipinski definition) is 1. The van der Waals surface area contributed by atoms with Crippen molar-refractivity contribution in [2.45, 2.75) is 16.9 Å². The maximum atomic E-state index is 13.2. The maximum absolute atomic E-state index is 13.2. The number of hydrogen-bond acceptors (Lipinski definition) is 4. The summed E-state index contributed by atoms with van der Waals surface area (Å²) in [7, 11) is -3.78. The maximum Gasteiger partial charge on any atom is 0.244 e. The van der Waals surface area contributed by atoms with Crippen LogP contribution >= 0.6 is 0 Å². The molecule has 2 heterocycles. The minimum atomic E-state index is -3.78. The Morgan fingerprint density at radius 3 is 2.59 bits per heavy atom. The normalized spacial score (nSPS) is 22.8. The number of halogens is 1. The molecule has 1 aromatic carbocycles. The predicted octanol–water partition coefficient (Wildman–Crippen LogP) is 1.34. The minimum Gasteiger partial charge on any atom is -0.326 e. The first-order valence-electron chi connectivity index (χ1n) is 6.90. The van der Waals surface area contributed by atoms with Crippen molar-refractivity contribution in [2.75, 3.05) is 13.1 Å². The van der Waals surface area contributed by atoms with Crippen LogP contribution < -0.4 is 5.73 Å². The van der Waals surface area contributed by atoms with Crippen LogP contribution in [-0.4, -0.2) is 36.8 Å². The Hall–Kier alpha value is -1.83. The van der Waals surface area contributed by atoms with E-state index >= 15 is 0 Å². The molecule has 0 radical (unpaired) electrons. The number of aromatic nitrogens is 1. The van der Waals surface area contributed by atoms with Crippen LogP contribution in [0.1, 0.15) is 11.5 Å². The van der Waals surface area contributed by atoms with Crippen LogP contribution in [0.25, 0.3) is 0 Å². The number of pyridine rings is 1. The molecule has 0 amide bonds.